The van der Waals surface area contributed by atoms with Crippen molar-refractivity contribution in [1.82, 2.24) is 5.32 Å². The molecule has 4 rings (SSSR count). The number of hydrogen-bond donors (Lipinski definition) is 1. The lowest BCUT2D eigenvalue weighted by molar-refractivity contribution is -0.393. The lowest BCUT2D eigenvalue weighted by Crippen LogP contribution is -2.54. The first-order valence-corrected chi connectivity index (χ1v) is 10.1. The number of carbonyl (C=O) groups is 3. The molecule has 0 atom stereocenters. The van der Waals surface area contributed by atoms with E-state index < -0.39 is 39.1 Å². The van der Waals surface area contributed by atoms with E-state index in [1.165, 1.54) is 18.2 Å². The molecule has 12 heteroatoms. The van der Waals surface area contributed by atoms with Crippen molar-refractivity contribution >= 4 is 41.0 Å². The van der Waals surface area contributed by atoms with Gasteiger partial charge in [-0.1, -0.05) is 6.07 Å². The molecule has 1 aliphatic heterocycles. The number of aryl methyl sites for hydroxylation is 2. The van der Waals surface area contributed by atoms with Crippen molar-refractivity contribution in [2.24, 2.45) is 0 Å². The van der Waals surface area contributed by atoms with Crippen molar-refractivity contribution in [3.63, 3.8) is 0 Å². The molecular formula is C23H16N4O8. The number of barbiturate groups is 1. The summed E-state index contributed by atoms with van der Waals surface area (Å²) < 4.78 is 5.58. The molecule has 4 amide bonds. The van der Waals surface area contributed by atoms with Gasteiger partial charge in [0.1, 0.15) is 17.1 Å². The number of carbonyl (C=O) groups excluding carboxylic acids is 3. The fourth-order valence-electron chi connectivity index (χ4n) is 3.47. The largest absolute Gasteiger partial charge is 0.456 e. The summed E-state index contributed by atoms with van der Waals surface area (Å²) in [6.07, 6.45) is 1.11. The van der Waals surface area contributed by atoms with Gasteiger partial charge in [0.05, 0.1) is 27.2 Å². The van der Waals surface area contributed by atoms with Crippen LogP contribution in [0.25, 0.3) is 17.4 Å². The van der Waals surface area contributed by atoms with Gasteiger partial charge in [-0.25, -0.2) is 9.69 Å². The number of nitro groups is 2. The third kappa shape index (κ3) is 4.27. The molecular weight excluding hydrogens is 460 g/mol. The molecule has 0 radical (unpaired) electrons. The number of nitro benzene ring substituents is 2. The highest BCUT2D eigenvalue weighted by molar-refractivity contribution is 6.39. The lowest BCUT2D eigenvalue weighted by atomic mass is 10.1. The summed E-state index contributed by atoms with van der Waals surface area (Å²) >= 11 is 0. The number of rotatable bonds is 5. The Morgan fingerprint density at radius 3 is 2.31 bits per heavy atom. The number of anilines is 1. The van der Waals surface area contributed by atoms with Crippen LogP contribution in [-0.4, -0.2) is 27.7 Å². The van der Waals surface area contributed by atoms with E-state index in [1.807, 2.05) is 13.8 Å². The quantitative estimate of drug-likeness (QED) is 0.249. The van der Waals surface area contributed by atoms with Crippen LogP contribution in [0.1, 0.15) is 16.9 Å². The Balaban J connectivity index is 1.71. The van der Waals surface area contributed by atoms with E-state index in [4.69, 9.17) is 4.42 Å². The maximum Gasteiger partial charge on any atom is 0.335 e. The predicted octanol–water partition coefficient (Wildman–Crippen LogP) is 4.05. The SMILES string of the molecule is Cc1ccc(N2C(=O)NC(=O)/C(=C\c3ccc(-c4ccc([N+](=O)[O-])cc4[N+](=O)[O-])o3)C2=O)cc1C. The number of furan rings is 1. The lowest BCUT2D eigenvalue weighted by Gasteiger charge is -2.26. The zero-order valence-electron chi connectivity index (χ0n) is 18.3. The highest BCUT2D eigenvalue weighted by atomic mass is 16.6. The molecule has 0 spiro atoms. The van der Waals surface area contributed by atoms with Crippen molar-refractivity contribution < 1.29 is 28.6 Å². The maximum absolute atomic E-state index is 13.1. The van der Waals surface area contributed by atoms with E-state index in [0.29, 0.717) is 0 Å². The van der Waals surface area contributed by atoms with Gasteiger partial charge in [-0.2, -0.15) is 0 Å². The van der Waals surface area contributed by atoms with Crippen LogP contribution in [0.2, 0.25) is 0 Å². The minimum Gasteiger partial charge on any atom is -0.456 e. The van der Waals surface area contributed by atoms with Gasteiger partial charge >= 0.3 is 6.03 Å². The fourth-order valence-corrected chi connectivity index (χ4v) is 3.47. The van der Waals surface area contributed by atoms with Crippen molar-refractivity contribution in [1.29, 1.82) is 0 Å². The van der Waals surface area contributed by atoms with E-state index in [1.54, 1.807) is 18.2 Å². The summed E-state index contributed by atoms with van der Waals surface area (Å²) in [7, 11) is 0. The zero-order valence-corrected chi connectivity index (χ0v) is 18.3. The van der Waals surface area contributed by atoms with Gasteiger partial charge in [0.15, 0.2) is 0 Å². The molecule has 1 saturated heterocycles. The van der Waals surface area contributed by atoms with Crippen molar-refractivity contribution in [2.75, 3.05) is 4.90 Å². The normalized spacial score (nSPS) is 14.9. The second-order valence-corrected chi connectivity index (χ2v) is 7.64. The topological polar surface area (TPSA) is 166 Å². The Kier molecular flexibility index (Phi) is 5.71. The van der Waals surface area contributed by atoms with Gasteiger partial charge in [0.25, 0.3) is 23.2 Å². The molecule has 176 valence electrons. The van der Waals surface area contributed by atoms with Gasteiger partial charge in [-0.05, 0) is 61.4 Å². The van der Waals surface area contributed by atoms with E-state index in [2.05, 4.69) is 5.32 Å². The minimum absolute atomic E-state index is 0.000497. The van der Waals surface area contributed by atoms with Gasteiger partial charge in [0, 0.05) is 6.07 Å². The molecule has 0 aliphatic carbocycles. The Morgan fingerprint density at radius 1 is 0.914 bits per heavy atom. The summed E-state index contributed by atoms with van der Waals surface area (Å²) in [4.78, 5) is 59.5. The summed E-state index contributed by atoms with van der Waals surface area (Å²) in [6.45, 7) is 3.69. The van der Waals surface area contributed by atoms with E-state index in [-0.39, 0.29) is 28.3 Å². The molecule has 3 aromatic rings. The second-order valence-electron chi connectivity index (χ2n) is 7.64. The Labute approximate surface area is 196 Å². The zero-order chi connectivity index (χ0) is 25.4. The summed E-state index contributed by atoms with van der Waals surface area (Å²) in [5.74, 6) is -1.81. The van der Waals surface area contributed by atoms with Gasteiger partial charge in [0.2, 0.25) is 0 Å². The number of hydrogen-bond acceptors (Lipinski definition) is 8. The second kappa shape index (κ2) is 8.67. The number of imide groups is 2. The van der Waals surface area contributed by atoms with Crippen LogP contribution >= 0.6 is 0 Å². The number of nitrogens with zero attached hydrogens (tertiary/aromatic N) is 3. The van der Waals surface area contributed by atoms with Crippen LogP contribution < -0.4 is 10.2 Å². The molecule has 0 unspecified atom stereocenters. The fraction of sp³-hybridized carbons (Fsp3) is 0.0870. The van der Waals surface area contributed by atoms with Crippen molar-refractivity contribution in [3.05, 3.63) is 91.2 Å². The smallest absolute Gasteiger partial charge is 0.335 e. The standard InChI is InChI=1S/C23H16N4O8/c1-12-3-4-14(9-13(12)2)25-22(29)18(21(28)24-23(25)30)11-16-6-8-20(35-16)17-7-5-15(26(31)32)10-19(17)27(33)34/h3-11H,1-2H3,(H,24,28,30)/b18-11+. The average molecular weight is 476 g/mol. The molecule has 0 saturated carbocycles. The van der Waals surface area contributed by atoms with Crippen molar-refractivity contribution in [2.45, 2.75) is 13.8 Å². The van der Waals surface area contributed by atoms with Crippen LogP contribution in [0, 0.1) is 34.1 Å². The van der Waals surface area contributed by atoms with Crippen LogP contribution in [0.3, 0.4) is 0 Å². The first-order valence-electron chi connectivity index (χ1n) is 10.1. The third-order valence-corrected chi connectivity index (χ3v) is 5.42. The highest BCUT2D eigenvalue weighted by Crippen LogP contribution is 2.34. The van der Waals surface area contributed by atoms with Gasteiger partial charge in [-0.3, -0.25) is 35.1 Å². The molecule has 1 fully saturated rings. The number of nitrogens with one attached hydrogen (secondary N) is 1. The number of non-ortho nitro benzene ring substituents is 1. The summed E-state index contributed by atoms with van der Waals surface area (Å²) in [5, 5.41) is 24.5. The number of urea groups is 1. The highest BCUT2D eigenvalue weighted by Gasteiger charge is 2.37. The summed E-state index contributed by atoms with van der Waals surface area (Å²) in [5.41, 5.74) is 0.634. The number of benzene rings is 2. The first-order chi connectivity index (χ1) is 16.6. The van der Waals surface area contributed by atoms with Gasteiger partial charge < -0.3 is 4.42 Å². The van der Waals surface area contributed by atoms with Crippen LogP contribution in [0.4, 0.5) is 21.9 Å². The monoisotopic (exact) mass is 476 g/mol. The van der Waals surface area contributed by atoms with E-state index in [0.717, 1.165) is 34.2 Å². The van der Waals surface area contributed by atoms with E-state index in [9.17, 15) is 34.6 Å². The molecule has 2 heterocycles. The minimum atomic E-state index is -0.931. The van der Waals surface area contributed by atoms with Crippen LogP contribution in [-0.2, 0) is 9.59 Å². The van der Waals surface area contributed by atoms with E-state index >= 15 is 0 Å². The molecule has 12 nitrogen and oxygen atoms in total. The van der Waals surface area contributed by atoms with Crippen LogP contribution in [0.15, 0.2) is 58.5 Å². The number of amides is 4. The van der Waals surface area contributed by atoms with Gasteiger partial charge in [-0.15, -0.1) is 0 Å². The molecule has 1 aliphatic rings. The molecule has 1 aromatic heterocycles. The molecule has 1 N–H and O–H groups in total. The first kappa shape index (κ1) is 23.0. The summed E-state index contributed by atoms with van der Waals surface area (Å²) in [6, 6.07) is 9.84. The Bertz CT molecular complexity index is 1470. The average Bonchev–Trinajstić information content (AvgIpc) is 3.27. The third-order valence-electron chi connectivity index (χ3n) is 5.42. The Hall–Kier alpha value is -5.13. The molecule has 35 heavy (non-hydrogen) atoms. The molecule has 0 bridgehead atoms. The molecule has 2 aromatic carbocycles. The maximum atomic E-state index is 13.1. The van der Waals surface area contributed by atoms with Crippen molar-refractivity contribution in [3.8, 4) is 11.3 Å². The predicted molar refractivity (Wildman–Crippen MR) is 122 cm³/mol. The Morgan fingerprint density at radius 2 is 1.66 bits per heavy atom. The van der Waals surface area contributed by atoms with Crippen LogP contribution in [0.5, 0.6) is 0 Å².